The van der Waals surface area contributed by atoms with Crippen molar-refractivity contribution in [2.24, 2.45) is 0 Å². The summed E-state index contributed by atoms with van der Waals surface area (Å²) in [6, 6.07) is 0.800. The average molecular weight is 250 g/mol. The maximum absolute atomic E-state index is 12.3. The van der Waals surface area contributed by atoms with Crippen LogP contribution < -0.4 is 4.74 Å². The molecule has 1 aliphatic heterocycles. The van der Waals surface area contributed by atoms with Crippen LogP contribution in [0.25, 0.3) is 0 Å². The normalized spacial score (nSPS) is 18.7. The molecule has 96 valence electrons. The molecule has 2 heterocycles. The average Bonchev–Trinajstić information content (AvgIpc) is 2.87. The quantitative estimate of drug-likeness (QED) is 0.857. The van der Waals surface area contributed by atoms with Gasteiger partial charge in [-0.2, -0.15) is 0 Å². The first kappa shape index (κ1) is 12.3. The number of pyridine rings is 1. The van der Waals surface area contributed by atoms with E-state index in [9.17, 15) is 9.59 Å². The first-order valence-electron chi connectivity index (χ1n) is 5.67. The molecule has 0 aromatic carbocycles. The Bertz CT molecular complexity index is 475. The van der Waals surface area contributed by atoms with Gasteiger partial charge in [0.1, 0.15) is 11.8 Å². The molecule has 1 aromatic heterocycles. The molecule has 0 saturated carbocycles. The van der Waals surface area contributed by atoms with E-state index in [1.54, 1.807) is 6.07 Å². The van der Waals surface area contributed by atoms with Crippen LogP contribution in [-0.4, -0.2) is 46.6 Å². The van der Waals surface area contributed by atoms with Gasteiger partial charge in [0.05, 0.1) is 18.9 Å². The third kappa shape index (κ3) is 2.13. The van der Waals surface area contributed by atoms with Crippen LogP contribution >= 0.6 is 0 Å². The van der Waals surface area contributed by atoms with E-state index in [0.717, 1.165) is 0 Å². The van der Waals surface area contributed by atoms with Gasteiger partial charge in [0.15, 0.2) is 0 Å². The highest BCUT2D eigenvalue weighted by atomic mass is 16.5. The highest BCUT2D eigenvalue weighted by molar-refractivity contribution is 5.99. The number of aromatic nitrogens is 1. The molecule has 2 rings (SSSR count). The zero-order chi connectivity index (χ0) is 13.1. The lowest BCUT2D eigenvalue weighted by atomic mass is 10.2. The lowest BCUT2D eigenvalue weighted by Crippen LogP contribution is -2.40. The topological polar surface area (TPSA) is 79.7 Å². The van der Waals surface area contributed by atoms with E-state index in [1.165, 1.54) is 24.4 Å². The molecule has 1 amide bonds. The summed E-state index contributed by atoms with van der Waals surface area (Å²) in [6.07, 6.45) is 4.13. The number of nitrogens with zero attached hydrogens (tertiary/aromatic N) is 2. The maximum Gasteiger partial charge on any atom is 0.326 e. The number of carboxylic acid groups (broad SMARTS) is 1. The van der Waals surface area contributed by atoms with Gasteiger partial charge in [0.2, 0.25) is 0 Å². The van der Waals surface area contributed by atoms with Crippen LogP contribution in [0.15, 0.2) is 18.5 Å². The maximum atomic E-state index is 12.3. The minimum absolute atomic E-state index is 0.320. The van der Waals surface area contributed by atoms with Crippen LogP contribution in [0.1, 0.15) is 23.2 Å². The van der Waals surface area contributed by atoms with E-state index in [1.807, 2.05) is 0 Å². The van der Waals surface area contributed by atoms with E-state index < -0.39 is 12.0 Å². The van der Waals surface area contributed by atoms with E-state index in [2.05, 4.69) is 4.98 Å². The molecule has 1 aliphatic rings. The Morgan fingerprint density at radius 1 is 1.56 bits per heavy atom. The van der Waals surface area contributed by atoms with Crippen LogP contribution in [-0.2, 0) is 4.79 Å². The number of rotatable bonds is 3. The number of carbonyl (C=O) groups is 2. The zero-order valence-electron chi connectivity index (χ0n) is 10.00. The Labute approximate surface area is 104 Å². The molecule has 1 saturated heterocycles. The second kappa shape index (κ2) is 5.03. The van der Waals surface area contributed by atoms with Crippen molar-refractivity contribution in [1.82, 2.24) is 9.88 Å². The van der Waals surface area contributed by atoms with Gasteiger partial charge in [-0.05, 0) is 18.9 Å². The number of carboxylic acids is 1. The van der Waals surface area contributed by atoms with E-state index in [-0.39, 0.29) is 5.91 Å². The van der Waals surface area contributed by atoms with Crippen molar-refractivity contribution < 1.29 is 19.4 Å². The number of hydrogen-bond acceptors (Lipinski definition) is 4. The molecule has 1 fully saturated rings. The molecule has 1 N–H and O–H groups in total. The number of hydrogen-bond donors (Lipinski definition) is 1. The SMILES string of the molecule is COc1cnccc1C(=O)N1CCC[C@@H]1C(=O)O. The molecule has 0 aliphatic carbocycles. The van der Waals surface area contributed by atoms with Crippen LogP contribution in [0.4, 0.5) is 0 Å². The first-order chi connectivity index (χ1) is 8.65. The lowest BCUT2D eigenvalue weighted by Gasteiger charge is -2.22. The van der Waals surface area contributed by atoms with Crippen LogP contribution in [0.2, 0.25) is 0 Å². The second-order valence-corrected chi connectivity index (χ2v) is 4.07. The smallest absolute Gasteiger partial charge is 0.326 e. The molecule has 18 heavy (non-hydrogen) atoms. The summed E-state index contributed by atoms with van der Waals surface area (Å²) in [5.41, 5.74) is 0.348. The molecule has 6 nitrogen and oxygen atoms in total. The summed E-state index contributed by atoms with van der Waals surface area (Å²) in [7, 11) is 1.45. The fourth-order valence-electron chi connectivity index (χ4n) is 2.14. The van der Waals surface area contributed by atoms with Gasteiger partial charge in [-0.25, -0.2) is 4.79 Å². The van der Waals surface area contributed by atoms with Crippen LogP contribution in [0, 0.1) is 0 Å². The predicted octanol–water partition coefficient (Wildman–Crippen LogP) is 0.779. The molecule has 0 radical (unpaired) electrons. The monoisotopic (exact) mass is 250 g/mol. The Morgan fingerprint density at radius 2 is 2.33 bits per heavy atom. The van der Waals surface area contributed by atoms with Crippen molar-refractivity contribution >= 4 is 11.9 Å². The Morgan fingerprint density at radius 3 is 3.00 bits per heavy atom. The highest BCUT2D eigenvalue weighted by Crippen LogP contribution is 2.24. The third-order valence-electron chi connectivity index (χ3n) is 3.03. The summed E-state index contributed by atoms with van der Waals surface area (Å²) in [5.74, 6) is -0.924. The number of likely N-dealkylation sites (tertiary alicyclic amines) is 1. The number of amides is 1. The van der Waals surface area contributed by atoms with Crippen molar-refractivity contribution in [3.8, 4) is 5.75 Å². The Kier molecular flexibility index (Phi) is 3.45. The molecular formula is C12H14N2O4. The van der Waals surface area contributed by atoms with Gasteiger partial charge in [-0.3, -0.25) is 9.78 Å². The molecule has 0 spiro atoms. The predicted molar refractivity (Wildman–Crippen MR) is 62.5 cm³/mol. The van der Waals surface area contributed by atoms with Gasteiger partial charge in [-0.15, -0.1) is 0 Å². The molecule has 1 aromatic rings. The molecule has 6 heteroatoms. The fourth-order valence-corrected chi connectivity index (χ4v) is 2.14. The van der Waals surface area contributed by atoms with Gasteiger partial charge < -0.3 is 14.7 Å². The molecule has 0 bridgehead atoms. The van der Waals surface area contributed by atoms with Crippen LogP contribution in [0.3, 0.4) is 0 Å². The number of aliphatic carboxylic acids is 1. The molecular weight excluding hydrogens is 236 g/mol. The van der Waals surface area contributed by atoms with Gasteiger partial charge in [-0.1, -0.05) is 0 Å². The minimum atomic E-state index is -0.964. The summed E-state index contributed by atoms with van der Waals surface area (Å²) in [5, 5.41) is 9.07. The first-order valence-corrected chi connectivity index (χ1v) is 5.67. The van der Waals surface area contributed by atoms with Crippen molar-refractivity contribution in [2.45, 2.75) is 18.9 Å². The third-order valence-corrected chi connectivity index (χ3v) is 3.03. The van der Waals surface area contributed by atoms with Crippen molar-refractivity contribution in [3.05, 3.63) is 24.0 Å². The fraction of sp³-hybridized carbons (Fsp3) is 0.417. The Balaban J connectivity index is 2.28. The second-order valence-electron chi connectivity index (χ2n) is 4.07. The van der Waals surface area contributed by atoms with Gasteiger partial charge in [0, 0.05) is 12.7 Å². The summed E-state index contributed by atoms with van der Waals surface area (Å²) < 4.78 is 5.06. The van der Waals surface area contributed by atoms with Crippen molar-refractivity contribution in [2.75, 3.05) is 13.7 Å². The summed E-state index contributed by atoms with van der Waals surface area (Å²) >= 11 is 0. The number of methoxy groups -OCH3 is 1. The van der Waals surface area contributed by atoms with Crippen LogP contribution in [0.5, 0.6) is 5.75 Å². The van der Waals surface area contributed by atoms with Crippen molar-refractivity contribution in [1.29, 1.82) is 0 Å². The van der Waals surface area contributed by atoms with Gasteiger partial charge in [0.25, 0.3) is 5.91 Å². The summed E-state index contributed by atoms with van der Waals surface area (Å²) in [4.78, 5) is 28.6. The van der Waals surface area contributed by atoms with Gasteiger partial charge >= 0.3 is 5.97 Å². The lowest BCUT2D eigenvalue weighted by molar-refractivity contribution is -0.141. The standard InChI is InChI=1S/C12H14N2O4/c1-18-10-7-13-5-4-8(10)11(15)14-6-2-3-9(14)12(16)17/h4-5,7,9H,2-3,6H2,1H3,(H,16,17)/t9-/m1/s1. The summed E-state index contributed by atoms with van der Waals surface area (Å²) in [6.45, 7) is 0.460. The molecule has 1 atom stereocenters. The van der Waals surface area contributed by atoms with E-state index in [0.29, 0.717) is 30.7 Å². The Hall–Kier alpha value is -2.11. The van der Waals surface area contributed by atoms with E-state index >= 15 is 0 Å². The van der Waals surface area contributed by atoms with Crippen molar-refractivity contribution in [3.63, 3.8) is 0 Å². The number of carbonyl (C=O) groups excluding carboxylic acids is 1. The minimum Gasteiger partial charge on any atom is -0.494 e. The highest BCUT2D eigenvalue weighted by Gasteiger charge is 2.35. The number of ether oxygens (including phenoxy) is 1. The largest absolute Gasteiger partial charge is 0.494 e. The zero-order valence-corrected chi connectivity index (χ0v) is 10.00. The van der Waals surface area contributed by atoms with E-state index in [4.69, 9.17) is 9.84 Å². The molecule has 0 unspecified atom stereocenters.